The van der Waals surface area contributed by atoms with Crippen molar-refractivity contribution < 1.29 is 4.79 Å². The zero-order chi connectivity index (χ0) is 20.1. The van der Waals surface area contributed by atoms with Gasteiger partial charge in [-0.3, -0.25) is 14.5 Å². The number of carbonyl (C=O) groups is 1. The smallest absolute Gasteiger partial charge is 0.258 e. The van der Waals surface area contributed by atoms with Gasteiger partial charge in [-0.1, -0.05) is 49.4 Å². The fourth-order valence-electron chi connectivity index (χ4n) is 3.18. The molecule has 6 heteroatoms. The van der Waals surface area contributed by atoms with E-state index >= 15 is 0 Å². The van der Waals surface area contributed by atoms with Gasteiger partial charge in [-0.25, -0.2) is 4.98 Å². The first-order valence-electron chi connectivity index (χ1n) is 9.50. The number of para-hydroxylation sites is 1. The molecule has 28 heavy (non-hydrogen) atoms. The number of nitrogens with zero attached hydrogens (tertiary/aromatic N) is 3. The van der Waals surface area contributed by atoms with Crippen LogP contribution in [0.4, 0.5) is 0 Å². The summed E-state index contributed by atoms with van der Waals surface area (Å²) in [5.74, 6) is 0.596. The predicted octanol–water partition coefficient (Wildman–Crippen LogP) is 2.96. The van der Waals surface area contributed by atoms with E-state index in [1.807, 2.05) is 74.3 Å². The van der Waals surface area contributed by atoms with E-state index in [0.29, 0.717) is 29.8 Å². The van der Waals surface area contributed by atoms with Crippen molar-refractivity contribution in [1.29, 1.82) is 0 Å². The van der Waals surface area contributed by atoms with Crippen molar-refractivity contribution in [3.63, 3.8) is 0 Å². The number of hydrogen-bond acceptors (Lipinski definition) is 4. The molecule has 0 saturated heterocycles. The maximum Gasteiger partial charge on any atom is 0.258 e. The largest absolute Gasteiger partial charge is 0.338 e. The summed E-state index contributed by atoms with van der Waals surface area (Å²) >= 11 is 0. The van der Waals surface area contributed by atoms with E-state index in [9.17, 15) is 9.59 Å². The quantitative estimate of drug-likeness (QED) is 0.686. The van der Waals surface area contributed by atoms with Crippen LogP contribution in [0.2, 0.25) is 0 Å². The van der Waals surface area contributed by atoms with Gasteiger partial charge in [-0.05, 0) is 31.2 Å². The third kappa shape index (κ3) is 4.46. The first-order chi connectivity index (χ1) is 13.5. The Kier molecular flexibility index (Phi) is 6.21. The molecular weight excluding hydrogens is 352 g/mol. The van der Waals surface area contributed by atoms with Crippen LogP contribution < -0.4 is 5.56 Å². The van der Waals surface area contributed by atoms with E-state index in [2.05, 4.69) is 9.97 Å². The van der Waals surface area contributed by atoms with Crippen molar-refractivity contribution in [1.82, 2.24) is 19.8 Å². The molecule has 2 aromatic carbocycles. The standard InChI is InChI=1S/C22H26N4O2/c1-4-26(14-20-23-19-13-9-8-12-18(19)22(28)24-20)15-21(27)25(3)16(2)17-10-6-5-7-11-17/h5-13,16H,4,14-15H2,1-3H3,(H,23,24,28)/t16-/m1/s1. The van der Waals surface area contributed by atoms with Crippen molar-refractivity contribution in [3.05, 3.63) is 76.3 Å². The maximum atomic E-state index is 12.8. The Morgan fingerprint density at radius 1 is 1.11 bits per heavy atom. The van der Waals surface area contributed by atoms with Crippen LogP contribution in [-0.4, -0.2) is 45.8 Å². The number of H-pyrrole nitrogens is 1. The molecule has 0 fully saturated rings. The molecule has 0 spiro atoms. The first-order valence-corrected chi connectivity index (χ1v) is 9.50. The summed E-state index contributed by atoms with van der Waals surface area (Å²) in [5.41, 5.74) is 1.61. The normalized spacial score (nSPS) is 12.3. The second-order valence-corrected chi connectivity index (χ2v) is 6.92. The van der Waals surface area contributed by atoms with Crippen LogP contribution in [0.15, 0.2) is 59.4 Å². The Morgan fingerprint density at radius 3 is 2.50 bits per heavy atom. The molecule has 1 aromatic heterocycles. The van der Waals surface area contributed by atoms with Crippen LogP contribution >= 0.6 is 0 Å². The Balaban J connectivity index is 1.70. The highest BCUT2D eigenvalue weighted by Gasteiger charge is 2.20. The third-order valence-corrected chi connectivity index (χ3v) is 5.10. The fourth-order valence-corrected chi connectivity index (χ4v) is 3.18. The molecule has 146 valence electrons. The predicted molar refractivity (Wildman–Crippen MR) is 111 cm³/mol. The summed E-state index contributed by atoms with van der Waals surface area (Å²) in [5, 5.41) is 0.571. The SMILES string of the molecule is CCN(CC(=O)N(C)[C@H](C)c1ccccc1)Cc1nc2ccccc2c(=O)[nH]1. The zero-order valence-corrected chi connectivity index (χ0v) is 16.6. The van der Waals surface area contributed by atoms with Crippen LogP contribution in [0.5, 0.6) is 0 Å². The number of aromatic nitrogens is 2. The summed E-state index contributed by atoms with van der Waals surface area (Å²) in [7, 11) is 1.82. The van der Waals surface area contributed by atoms with Crippen molar-refractivity contribution in [2.24, 2.45) is 0 Å². The summed E-state index contributed by atoms with van der Waals surface area (Å²) < 4.78 is 0. The molecule has 0 aliphatic rings. The molecule has 1 N–H and O–H groups in total. The maximum absolute atomic E-state index is 12.8. The second-order valence-electron chi connectivity index (χ2n) is 6.92. The van der Waals surface area contributed by atoms with E-state index in [1.54, 1.807) is 11.0 Å². The van der Waals surface area contributed by atoms with Crippen LogP contribution in [0.25, 0.3) is 10.9 Å². The average molecular weight is 378 g/mol. The van der Waals surface area contributed by atoms with E-state index in [1.165, 1.54) is 0 Å². The number of hydrogen-bond donors (Lipinski definition) is 1. The van der Waals surface area contributed by atoms with Gasteiger partial charge in [0, 0.05) is 7.05 Å². The molecule has 0 radical (unpaired) electrons. The highest BCUT2D eigenvalue weighted by Crippen LogP contribution is 2.18. The molecule has 0 unspecified atom stereocenters. The third-order valence-electron chi connectivity index (χ3n) is 5.10. The van der Waals surface area contributed by atoms with Gasteiger partial charge in [0.1, 0.15) is 5.82 Å². The van der Waals surface area contributed by atoms with Crippen LogP contribution in [0.3, 0.4) is 0 Å². The highest BCUT2D eigenvalue weighted by molar-refractivity contribution is 5.78. The molecular formula is C22H26N4O2. The number of fused-ring (bicyclic) bond motifs is 1. The van der Waals surface area contributed by atoms with E-state index in [-0.39, 0.29) is 24.1 Å². The molecule has 3 rings (SSSR count). The lowest BCUT2D eigenvalue weighted by Gasteiger charge is -2.28. The Morgan fingerprint density at radius 2 is 1.79 bits per heavy atom. The molecule has 6 nitrogen and oxygen atoms in total. The molecule has 0 aliphatic heterocycles. The van der Waals surface area contributed by atoms with Gasteiger partial charge in [0.15, 0.2) is 0 Å². The zero-order valence-electron chi connectivity index (χ0n) is 16.6. The van der Waals surface area contributed by atoms with Crippen LogP contribution in [-0.2, 0) is 11.3 Å². The number of nitrogens with one attached hydrogen (secondary N) is 1. The van der Waals surface area contributed by atoms with Gasteiger partial charge >= 0.3 is 0 Å². The van der Waals surface area contributed by atoms with E-state index in [4.69, 9.17) is 0 Å². The minimum absolute atomic E-state index is 0.00833. The number of carbonyl (C=O) groups excluding carboxylic acids is 1. The van der Waals surface area contributed by atoms with Gasteiger partial charge < -0.3 is 9.88 Å². The van der Waals surface area contributed by atoms with Crippen LogP contribution in [0.1, 0.15) is 31.3 Å². The van der Waals surface area contributed by atoms with Gasteiger partial charge in [0.25, 0.3) is 5.56 Å². The van der Waals surface area contributed by atoms with Gasteiger partial charge in [-0.2, -0.15) is 0 Å². The minimum Gasteiger partial charge on any atom is -0.338 e. The summed E-state index contributed by atoms with van der Waals surface area (Å²) in [6, 6.07) is 17.2. The summed E-state index contributed by atoms with van der Waals surface area (Å²) in [4.78, 5) is 36.1. The lowest BCUT2D eigenvalue weighted by Crippen LogP contribution is -2.39. The molecule has 1 amide bonds. The number of benzene rings is 2. The molecule has 1 heterocycles. The van der Waals surface area contributed by atoms with Gasteiger partial charge in [-0.15, -0.1) is 0 Å². The Hall–Kier alpha value is -2.99. The lowest BCUT2D eigenvalue weighted by atomic mass is 10.1. The molecule has 1 atom stereocenters. The van der Waals surface area contributed by atoms with E-state index in [0.717, 1.165) is 5.56 Å². The van der Waals surface area contributed by atoms with Crippen molar-refractivity contribution >= 4 is 16.8 Å². The Bertz CT molecular complexity index is 1000. The van der Waals surface area contributed by atoms with Crippen LogP contribution in [0, 0.1) is 0 Å². The van der Waals surface area contributed by atoms with Gasteiger partial charge in [0.2, 0.25) is 5.91 Å². The molecule has 0 saturated carbocycles. The Labute approximate surface area is 164 Å². The minimum atomic E-state index is -0.155. The fraction of sp³-hybridized carbons (Fsp3) is 0.318. The molecule has 0 bridgehead atoms. The average Bonchev–Trinajstić information content (AvgIpc) is 2.72. The number of amides is 1. The topological polar surface area (TPSA) is 69.3 Å². The molecule has 3 aromatic rings. The first kappa shape index (κ1) is 19.8. The number of aromatic amines is 1. The van der Waals surface area contributed by atoms with Crippen molar-refractivity contribution in [3.8, 4) is 0 Å². The summed E-state index contributed by atoms with van der Waals surface area (Å²) in [6.07, 6.45) is 0. The van der Waals surface area contributed by atoms with Crippen molar-refractivity contribution in [2.75, 3.05) is 20.1 Å². The number of rotatable bonds is 7. The van der Waals surface area contributed by atoms with Gasteiger partial charge in [0.05, 0.1) is 30.0 Å². The lowest BCUT2D eigenvalue weighted by molar-refractivity contribution is -0.133. The van der Waals surface area contributed by atoms with E-state index < -0.39 is 0 Å². The molecule has 0 aliphatic carbocycles. The highest BCUT2D eigenvalue weighted by atomic mass is 16.2. The second kappa shape index (κ2) is 8.80. The summed E-state index contributed by atoms with van der Waals surface area (Å²) in [6.45, 7) is 5.37. The monoisotopic (exact) mass is 378 g/mol. The van der Waals surface area contributed by atoms with Crippen molar-refractivity contribution in [2.45, 2.75) is 26.4 Å². The number of likely N-dealkylation sites (N-methyl/N-ethyl adjacent to an activating group) is 2.